The molecule has 2 aromatic carbocycles. The smallest absolute Gasteiger partial charge is 0.167 e. The molecule has 0 radical (unpaired) electrons. The van der Waals surface area contributed by atoms with Crippen molar-refractivity contribution in [2.24, 2.45) is 17.8 Å². The third kappa shape index (κ3) is 4.53. The zero-order valence-electron chi connectivity index (χ0n) is 18.2. The first-order valence-corrected chi connectivity index (χ1v) is 11.4. The van der Waals surface area contributed by atoms with Gasteiger partial charge in [0.25, 0.3) is 0 Å². The lowest BCUT2D eigenvalue weighted by Gasteiger charge is -2.42. The normalized spacial score (nSPS) is 25.7. The summed E-state index contributed by atoms with van der Waals surface area (Å²) in [5.41, 5.74) is 0.450. The van der Waals surface area contributed by atoms with Crippen LogP contribution in [0.15, 0.2) is 43.0 Å². The van der Waals surface area contributed by atoms with Gasteiger partial charge in [0.2, 0.25) is 0 Å². The second-order valence-corrected chi connectivity index (χ2v) is 9.25. The van der Waals surface area contributed by atoms with E-state index in [4.69, 9.17) is 4.74 Å². The number of allylic oxidation sites excluding steroid dienone is 1. The van der Waals surface area contributed by atoms with Crippen LogP contribution in [0.25, 0.3) is 11.1 Å². The van der Waals surface area contributed by atoms with Crippen molar-refractivity contribution in [1.82, 2.24) is 0 Å². The second-order valence-electron chi connectivity index (χ2n) is 9.25. The van der Waals surface area contributed by atoms with E-state index in [0.29, 0.717) is 23.1 Å². The third-order valence-electron chi connectivity index (χ3n) is 7.52. The van der Waals surface area contributed by atoms with E-state index in [-0.39, 0.29) is 17.0 Å². The van der Waals surface area contributed by atoms with Crippen molar-refractivity contribution in [3.8, 4) is 16.9 Å². The quantitative estimate of drug-likeness (QED) is 0.423. The molecule has 31 heavy (non-hydrogen) atoms. The number of hydrogen-bond donors (Lipinski definition) is 0. The molecule has 0 aromatic heterocycles. The maximum Gasteiger partial charge on any atom is 0.167 e. The fraction of sp³-hybridized carbons (Fsp3) is 0.481. The highest BCUT2D eigenvalue weighted by molar-refractivity contribution is 5.66. The van der Waals surface area contributed by atoms with E-state index in [1.165, 1.54) is 51.0 Å². The monoisotopic (exact) mass is 428 g/mol. The van der Waals surface area contributed by atoms with Crippen molar-refractivity contribution in [1.29, 1.82) is 0 Å². The molecule has 0 saturated heterocycles. The minimum absolute atomic E-state index is 0.0373. The van der Waals surface area contributed by atoms with Gasteiger partial charge < -0.3 is 4.74 Å². The fourth-order valence-corrected chi connectivity index (χ4v) is 5.81. The van der Waals surface area contributed by atoms with Gasteiger partial charge in [-0.25, -0.2) is 13.2 Å². The molecule has 2 saturated carbocycles. The zero-order chi connectivity index (χ0) is 22.0. The molecular formula is C27H31F3O. The molecule has 4 rings (SSSR count). The lowest BCUT2D eigenvalue weighted by Crippen LogP contribution is -2.30. The molecule has 0 N–H and O–H groups in total. The summed E-state index contributed by atoms with van der Waals surface area (Å²) in [6, 6.07) is 7.36. The van der Waals surface area contributed by atoms with Crippen molar-refractivity contribution < 1.29 is 17.9 Å². The highest BCUT2D eigenvalue weighted by Gasteiger charge is 2.37. The molecule has 0 aliphatic heterocycles. The lowest BCUT2D eigenvalue weighted by atomic mass is 9.63. The number of halogens is 3. The Labute approximate surface area is 183 Å². The number of fused-ring (bicyclic) bond motifs is 1. The van der Waals surface area contributed by atoms with Crippen molar-refractivity contribution >= 4 is 0 Å². The first-order valence-electron chi connectivity index (χ1n) is 11.4. The summed E-state index contributed by atoms with van der Waals surface area (Å²) in [5, 5.41) is 0. The third-order valence-corrected chi connectivity index (χ3v) is 7.52. The molecule has 4 atom stereocenters. The molecule has 2 aromatic rings. The number of hydrogen-bond acceptors (Lipinski definition) is 1. The molecule has 4 heteroatoms. The van der Waals surface area contributed by atoms with E-state index in [9.17, 15) is 8.78 Å². The topological polar surface area (TPSA) is 9.23 Å². The average Bonchev–Trinajstić information content (AvgIpc) is 2.79. The first-order chi connectivity index (χ1) is 15.0. The summed E-state index contributed by atoms with van der Waals surface area (Å²) in [6.07, 6.45) is 10.9. The van der Waals surface area contributed by atoms with Crippen LogP contribution >= 0.6 is 0 Å². The summed E-state index contributed by atoms with van der Waals surface area (Å²) in [7, 11) is 1.44. The number of benzene rings is 2. The van der Waals surface area contributed by atoms with E-state index in [1.54, 1.807) is 12.1 Å². The van der Waals surface area contributed by atoms with Crippen LogP contribution in [0.1, 0.15) is 62.8 Å². The number of rotatable bonds is 6. The van der Waals surface area contributed by atoms with Gasteiger partial charge in [0.05, 0.1) is 7.11 Å². The van der Waals surface area contributed by atoms with Gasteiger partial charge in [0.15, 0.2) is 11.6 Å². The van der Waals surface area contributed by atoms with Crippen LogP contribution in [0, 0.1) is 35.2 Å². The van der Waals surface area contributed by atoms with Crippen molar-refractivity contribution in [2.75, 3.05) is 7.11 Å². The van der Waals surface area contributed by atoms with Gasteiger partial charge in [-0.3, -0.25) is 0 Å². The van der Waals surface area contributed by atoms with Gasteiger partial charge in [-0.1, -0.05) is 24.6 Å². The predicted octanol–water partition coefficient (Wildman–Crippen LogP) is 8.05. The molecule has 1 nitrogen and oxygen atoms in total. The van der Waals surface area contributed by atoms with E-state index in [0.717, 1.165) is 31.6 Å². The van der Waals surface area contributed by atoms with Crippen LogP contribution in [-0.2, 0) is 0 Å². The maximum atomic E-state index is 15.1. The molecule has 0 spiro atoms. The Hall–Kier alpha value is -2.23. The van der Waals surface area contributed by atoms with Gasteiger partial charge >= 0.3 is 0 Å². The maximum absolute atomic E-state index is 15.1. The Morgan fingerprint density at radius 2 is 1.68 bits per heavy atom. The molecule has 166 valence electrons. The van der Waals surface area contributed by atoms with E-state index in [1.807, 2.05) is 6.08 Å². The first kappa shape index (κ1) is 22.0. The van der Waals surface area contributed by atoms with Gasteiger partial charge in [0.1, 0.15) is 11.6 Å². The fourth-order valence-electron chi connectivity index (χ4n) is 5.81. The van der Waals surface area contributed by atoms with Crippen LogP contribution in [0.2, 0.25) is 0 Å². The molecule has 0 heterocycles. The van der Waals surface area contributed by atoms with E-state index >= 15 is 4.39 Å². The number of methoxy groups -OCH3 is 1. The number of ether oxygens (including phenoxy) is 1. The summed E-state index contributed by atoms with van der Waals surface area (Å²) in [6.45, 7) is 3.83. The SMILES string of the molecule is C=CCCC1CCC2CC(c3ccc(-c4ccc(OC)cc4F)c(F)c3F)CCC2C1. The zero-order valence-corrected chi connectivity index (χ0v) is 18.2. The van der Waals surface area contributed by atoms with Gasteiger partial charge in [-0.05, 0) is 86.3 Å². The van der Waals surface area contributed by atoms with Gasteiger partial charge in [0, 0.05) is 17.2 Å². The Morgan fingerprint density at radius 3 is 2.42 bits per heavy atom. The average molecular weight is 429 g/mol. The van der Waals surface area contributed by atoms with Crippen molar-refractivity contribution in [2.45, 2.75) is 57.3 Å². The largest absolute Gasteiger partial charge is 0.497 e. The lowest BCUT2D eigenvalue weighted by molar-refractivity contribution is 0.114. The highest BCUT2D eigenvalue weighted by Crippen LogP contribution is 2.49. The van der Waals surface area contributed by atoms with Gasteiger partial charge in [-0.15, -0.1) is 6.58 Å². The van der Waals surface area contributed by atoms with Crippen molar-refractivity contribution in [3.63, 3.8) is 0 Å². The Kier molecular flexibility index (Phi) is 6.74. The Balaban J connectivity index is 1.50. The summed E-state index contributed by atoms with van der Waals surface area (Å²) >= 11 is 0. The summed E-state index contributed by atoms with van der Waals surface area (Å²) in [4.78, 5) is 0. The Morgan fingerprint density at radius 1 is 0.935 bits per heavy atom. The molecular weight excluding hydrogens is 397 g/mol. The standard InChI is InChI=1S/C27H31F3O/c1-3-4-5-17-6-7-19-15-20(9-8-18(19)14-17)22-12-13-24(27(30)26(22)29)23-11-10-21(31-2)16-25(23)28/h3,10-13,16-20H,1,4-9,14-15H2,2H3. The molecule has 2 aliphatic rings. The Bertz CT molecular complexity index is 938. The molecule has 0 amide bonds. The van der Waals surface area contributed by atoms with Crippen LogP contribution in [0.5, 0.6) is 5.75 Å². The molecule has 2 aliphatic carbocycles. The van der Waals surface area contributed by atoms with E-state index in [2.05, 4.69) is 6.58 Å². The molecule has 2 fully saturated rings. The minimum atomic E-state index is -0.961. The molecule has 4 unspecified atom stereocenters. The highest BCUT2D eigenvalue weighted by atomic mass is 19.2. The second kappa shape index (κ2) is 9.50. The van der Waals surface area contributed by atoms with Crippen LogP contribution in [0.3, 0.4) is 0 Å². The van der Waals surface area contributed by atoms with Gasteiger partial charge in [-0.2, -0.15) is 0 Å². The van der Waals surface area contributed by atoms with Crippen molar-refractivity contribution in [3.05, 3.63) is 66.0 Å². The van der Waals surface area contributed by atoms with Crippen LogP contribution in [-0.4, -0.2) is 7.11 Å². The van der Waals surface area contributed by atoms with Crippen LogP contribution < -0.4 is 4.74 Å². The van der Waals surface area contributed by atoms with E-state index < -0.39 is 17.5 Å². The summed E-state index contributed by atoms with van der Waals surface area (Å²) < 4.78 is 49.5. The predicted molar refractivity (Wildman–Crippen MR) is 119 cm³/mol. The van der Waals surface area contributed by atoms with Crippen LogP contribution in [0.4, 0.5) is 13.2 Å². The molecule has 0 bridgehead atoms. The minimum Gasteiger partial charge on any atom is -0.497 e. The summed E-state index contributed by atoms with van der Waals surface area (Å²) in [5.74, 6) is 0.0562.